The molecule has 0 heterocycles. The minimum atomic E-state index is -0.424. The SMILES string of the molecule is CCCCCOc1ccccc1C(=O)NC(=S)NNC(=O)c1ccc(OC)cc1. The van der Waals surface area contributed by atoms with E-state index >= 15 is 0 Å². The van der Waals surface area contributed by atoms with Crippen LogP contribution in [0.3, 0.4) is 0 Å². The summed E-state index contributed by atoms with van der Waals surface area (Å²) in [5.74, 6) is 0.315. The van der Waals surface area contributed by atoms with E-state index in [1.807, 2.05) is 0 Å². The summed E-state index contributed by atoms with van der Waals surface area (Å²) in [6.45, 7) is 2.65. The van der Waals surface area contributed by atoms with Crippen LogP contribution in [0.2, 0.25) is 0 Å². The maximum atomic E-state index is 12.5. The molecule has 2 aromatic rings. The number of amides is 2. The number of thiocarbonyl (C=S) groups is 1. The van der Waals surface area contributed by atoms with Gasteiger partial charge in [0.1, 0.15) is 11.5 Å². The van der Waals surface area contributed by atoms with Crippen LogP contribution in [0.15, 0.2) is 48.5 Å². The summed E-state index contributed by atoms with van der Waals surface area (Å²) in [5.41, 5.74) is 5.74. The van der Waals surface area contributed by atoms with E-state index in [0.717, 1.165) is 19.3 Å². The highest BCUT2D eigenvalue weighted by Crippen LogP contribution is 2.18. The van der Waals surface area contributed by atoms with Gasteiger partial charge in [0.25, 0.3) is 11.8 Å². The fraction of sp³-hybridized carbons (Fsp3) is 0.286. The van der Waals surface area contributed by atoms with Crippen LogP contribution >= 0.6 is 12.2 Å². The predicted molar refractivity (Wildman–Crippen MR) is 115 cm³/mol. The molecule has 0 saturated heterocycles. The van der Waals surface area contributed by atoms with Gasteiger partial charge in [-0.1, -0.05) is 31.9 Å². The van der Waals surface area contributed by atoms with Crippen molar-refractivity contribution < 1.29 is 19.1 Å². The molecule has 2 aromatic carbocycles. The molecule has 0 atom stereocenters. The zero-order valence-electron chi connectivity index (χ0n) is 16.5. The molecule has 0 fully saturated rings. The Bertz CT molecular complexity index is 840. The van der Waals surface area contributed by atoms with E-state index in [0.29, 0.717) is 29.2 Å². The Labute approximate surface area is 175 Å². The summed E-state index contributed by atoms with van der Waals surface area (Å²) >= 11 is 5.08. The van der Waals surface area contributed by atoms with Gasteiger partial charge < -0.3 is 9.47 Å². The monoisotopic (exact) mass is 415 g/mol. The summed E-state index contributed by atoms with van der Waals surface area (Å²) in [6.07, 6.45) is 3.08. The second-order valence-electron chi connectivity index (χ2n) is 6.14. The number of hydrazine groups is 1. The molecule has 3 N–H and O–H groups in total. The van der Waals surface area contributed by atoms with Crippen LogP contribution in [0.4, 0.5) is 0 Å². The van der Waals surface area contributed by atoms with Crippen LogP contribution in [0, 0.1) is 0 Å². The zero-order valence-corrected chi connectivity index (χ0v) is 17.3. The number of hydrogen-bond acceptors (Lipinski definition) is 5. The molecule has 2 amide bonds. The average molecular weight is 416 g/mol. The van der Waals surface area contributed by atoms with E-state index in [1.165, 1.54) is 0 Å². The normalized spacial score (nSPS) is 10.0. The quantitative estimate of drug-likeness (QED) is 0.349. The number of carbonyl (C=O) groups is 2. The number of unbranched alkanes of at least 4 members (excludes halogenated alkanes) is 2. The first-order chi connectivity index (χ1) is 14.0. The molecule has 154 valence electrons. The van der Waals surface area contributed by atoms with Crippen LogP contribution in [-0.2, 0) is 0 Å². The van der Waals surface area contributed by atoms with Crippen molar-refractivity contribution in [1.82, 2.24) is 16.2 Å². The van der Waals surface area contributed by atoms with Gasteiger partial charge in [-0.15, -0.1) is 0 Å². The Hall–Kier alpha value is -3.13. The number of rotatable bonds is 8. The van der Waals surface area contributed by atoms with Crippen molar-refractivity contribution >= 4 is 29.1 Å². The molecule has 0 bridgehead atoms. The maximum Gasteiger partial charge on any atom is 0.269 e. The lowest BCUT2D eigenvalue weighted by Gasteiger charge is -2.13. The smallest absolute Gasteiger partial charge is 0.269 e. The molecular formula is C21H25N3O4S. The van der Waals surface area contributed by atoms with Crippen LogP contribution in [0.5, 0.6) is 11.5 Å². The van der Waals surface area contributed by atoms with Crippen LogP contribution in [0.1, 0.15) is 46.9 Å². The second-order valence-corrected chi connectivity index (χ2v) is 6.55. The number of methoxy groups -OCH3 is 1. The lowest BCUT2D eigenvalue weighted by molar-refractivity contribution is 0.0933. The van der Waals surface area contributed by atoms with Gasteiger partial charge in [-0.25, -0.2) is 0 Å². The number of benzene rings is 2. The molecular weight excluding hydrogens is 390 g/mol. The Morgan fingerprint density at radius 1 is 0.966 bits per heavy atom. The van der Waals surface area contributed by atoms with E-state index in [-0.39, 0.29) is 5.11 Å². The van der Waals surface area contributed by atoms with Gasteiger partial charge in [-0.2, -0.15) is 0 Å². The molecule has 0 aromatic heterocycles. The lowest BCUT2D eigenvalue weighted by Crippen LogP contribution is -2.48. The Morgan fingerprint density at radius 2 is 1.69 bits per heavy atom. The topological polar surface area (TPSA) is 88.7 Å². The third-order valence-electron chi connectivity index (χ3n) is 4.01. The highest BCUT2D eigenvalue weighted by Gasteiger charge is 2.14. The number of para-hydroxylation sites is 1. The standard InChI is InChI=1S/C21H25N3O4S/c1-3-4-7-14-28-18-9-6-5-8-17(18)20(26)22-21(29)24-23-19(25)15-10-12-16(27-2)13-11-15/h5-6,8-13H,3-4,7,14H2,1-2H3,(H,23,25)(H2,22,24,26,29). The van der Waals surface area contributed by atoms with Gasteiger partial charge in [0, 0.05) is 5.56 Å². The first-order valence-corrected chi connectivity index (χ1v) is 9.73. The summed E-state index contributed by atoms with van der Waals surface area (Å²) < 4.78 is 10.8. The summed E-state index contributed by atoms with van der Waals surface area (Å²) in [6, 6.07) is 13.5. The van der Waals surface area contributed by atoms with Gasteiger partial charge in [0.2, 0.25) is 0 Å². The van der Waals surface area contributed by atoms with Gasteiger partial charge >= 0.3 is 0 Å². The van der Waals surface area contributed by atoms with Gasteiger partial charge in [-0.3, -0.25) is 25.8 Å². The molecule has 0 aliphatic carbocycles. The lowest BCUT2D eigenvalue weighted by atomic mass is 10.2. The molecule has 0 aliphatic heterocycles. The van der Waals surface area contributed by atoms with Gasteiger partial charge in [-0.05, 0) is 55.0 Å². The van der Waals surface area contributed by atoms with Crippen molar-refractivity contribution in [3.8, 4) is 11.5 Å². The van der Waals surface area contributed by atoms with Crippen LogP contribution in [-0.4, -0.2) is 30.6 Å². The average Bonchev–Trinajstić information content (AvgIpc) is 2.75. The van der Waals surface area contributed by atoms with Gasteiger partial charge in [0.15, 0.2) is 5.11 Å². The number of nitrogens with one attached hydrogen (secondary N) is 3. The van der Waals surface area contributed by atoms with Crippen molar-refractivity contribution in [2.75, 3.05) is 13.7 Å². The fourth-order valence-corrected chi connectivity index (χ4v) is 2.59. The van der Waals surface area contributed by atoms with E-state index in [2.05, 4.69) is 23.1 Å². The summed E-state index contributed by atoms with van der Waals surface area (Å²) in [5, 5.41) is 2.50. The zero-order chi connectivity index (χ0) is 21.1. The first-order valence-electron chi connectivity index (χ1n) is 9.32. The first kappa shape index (κ1) is 22.2. The highest BCUT2D eigenvalue weighted by atomic mass is 32.1. The number of carbonyl (C=O) groups excluding carboxylic acids is 2. The van der Waals surface area contributed by atoms with E-state index in [9.17, 15) is 9.59 Å². The number of hydrogen-bond donors (Lipinski definition) is 3. The van der Waals surface area contributed by atoms with E-state index in [4.69, 9.17) is 21.7 Å². The fourth-order valence-electron chi connectivity index (χ4n) is 2.44. The van der Waals surface area contributed by atoms with Crippen LogP contribution < -0.4 is 25.6 Å². The Kier molecular flexibility index (Phi) is 8.91. The van der Waals surface area contributed by atoms with Crippen LogP contribution in [0.25, 0.3) is 0 Å². The highest BCUT2D eigenvalue weighted by molar-refractivity contribution is 7.80. The predicted octanol–water partition coefficient (Wildman–Crippen LogP) is 3.21. The molecule has 7 nitrogen and oxygen atoms in total. The minimum absolute atomic E-state index is 0.0300. The molecule has 29 heavy (non-hydrogen) atoms. The Morgan fingerprint density at radius 3 is 2.38 bits per heavy atom. The summed E-state index contributed by atoms with van der Waals surface area (Å²) in [4.78, 5) is 24.6. The van der Waals surface area contributed by atoms with Crippen molar-refractivity contribution in [1.29, 1.82) is 0 Å². The largest absolute Gasteiger partial charge is 0.497 e. The molecule has 0 spiro atoms. The van der Waals surface area contributed by atoms with E-state index in [1.54, 1.807) is 55.6 Å². The molecule has 0 unspecified atom stereocenters. The minimum Gasteiger partial charge on any atom is -0.497 e. The second kappa shape index (κ2) is 11.7. The maximum absolute atomic E-state index is 12.5. The molecule has 2 rings (SSSR count). The molecule has 8 heteroatoms. The third-order valence-corrected chi connectivity index (χ3v) is 4.21. The van der Waals surface area contributed by atoms with Crippen molar-refractivity contribution in [3.05, 3.63) is 59.7 Å². The summed E-state index contributed by atoms with van der Waals surface area (Å²) in [7, 11) is 1.55. The third kappa shape index (κ3) is 7.08. The van der Waals surface area contributed by atoms with Crippen molar-refractivity contribution in [3.63, 3.8) is 0 Å². The number of ether oxygens (including phenoxy) is 2. The van der Waals surface area contributed by atoms with Crippen molar-refractivity contribution in [2.24, 2.45) is 0 Å². The van der Waals surface area contributed by atoms with Crippen molar-refractivity contribution in [2.45, 2.75) is 26.2 Å². The molecule has 0 saturated carbocycles. The Balaban J connectivity index is 1.87. The van der Waals surface area contributed by atoms with Gasteiger partial charge in [0.05, 0.1) is 19.3 Å². The molecule has 0 aliphatic rings. The van der Waals surface area contributed by atoms with E-state index < -0.39 is 11.8 Å². The molecule has 0 radical (unpaired) electrons.